The van der Waals surface area contributed by atoms with Gasteiger partial charge in [0.1, 0.15) is 0 Å². The van der Waals surface area contributed by atoms with Crippen LogP contribution >= 0.6 is 0 Å². The largest absolute Gasteiger partial charge is 0.252 e. The Kier molecular flexibility index (Phi) is 3.50. The van der Waals surface area contributed by atoms with E-state index in [0.29, 0.717) is 18.1 Å². The summed E-state index contributed by atoms with van der Waals surface area (Å²) in [6.07, 6.45) is 11.8. The number of nitrogens with one attached hydrogen (secondary N) is 1. The fourth-order valence-electron chi connectivity index (χ4n) is 4.40. The van der Waals surface area contributed by atoms with Crippen molar-refractivity contribution < 1.29 is 0 Å². The zero-order chi connectivity index (χ0) is 12.7. The molecule has 0 aromatic rings. The van der Waals surface area contributed by atoms with Gasteiger partial charge in [-0.05, 0) is 64.2 Å². The second-order valence-corrected chi connectivity index (χ2v) is 6.90. The van der Waals surface area contributed by atoms with Gasteiger partial charge in [-0.3, -0.25) is 5.43 Å². The molecule has 2 bridgehead atoms. The highest BCUT2D eigenvalue weighted by atomic mass is 15.5. The van der Waals surface area contributed by atoms with E-state index in [0.717, 1.165) is 17.8 Å². The van der Waals surface area contributed by atoms with E-state index in [4.69, 9.17) is 0 Å². The van der Waals surface area contributed by atoms with Gasteiger partial charge in [-0.2, -0.15) is 0 Å². The molecule has 0 aromatic carbocycles. The smallest absolute Gasteiger partial charge is 0.0221 e. The van der Waals surface area contributed by atoms with Crippen molar-refractivity contribution in [3.63, 3.8) is 0 Å². The highest BCUT2D eigenvalue weighted by Crippen LogP contribution is 2.45. The lowest BCUT2D eigenvalue weighted by Crippen LogP contribution is -2.56. The lowest BCUT2D eigenvalue weighted by atomic mass is 9.88. The molecular formula is C16H28N2. The number of nitrogens with zero attached hydrogens (tertiary/aromatic N) is 1. The number of hydrazine groups is 1. The molecule has 6 atom stereocenters. The van der Waals surface area contributed by atoms with Gasteiger partial charge in [0.2, 0.25) is 0 Å². The topological polar surface area (TPSA) is 15.3 Å². The quantitative estimate of drug-likeness (QED) is 0.771. The van der Waals surface area contributed by atoms with E-state index < -0.39 is 0 Å². The summed E-state index contributed by atoms with van der Waals surface area (Å²) in [7, 11) is 0. The Morgan fingerprint density at radius 3 is 2.39 bits per heavy atom. The van der Waals surface area contributed by atoms with Crippen LogP contribution in [0.5, 0.6) is 0 Å². The molecule has 18 heavy (non-hydrogen) atoms. The predicted octanol–water partition coefficient (Wildman–Crippen LogP) is 3.35. The summed E-state index contributed by atoms with van der Waals surface area (Å²) >= 11 is 0. The Labute approximate surface area is 112 Å². The number of hydrogen-bond donors (Lipinski definition) is 1. The second kappa shape index (κ2) is 4.97. The Hall–Kier alpha value is -0.340. The molecule has 1 aliphatic heterocycles. The fraction of sp³-hybridized carbons (Fsp3) is 0.875. The average Bonchev–Trinajstić information content (AvgIpc) is 2.96. The van der Waals surface area contributed by atoms with Gasteiger partial charge in [0.25, 0.3) is 0 Å². The first kappa shape index (κ1) is 12.7. The van der Waals surface area contributed by atoms with Crippen molar-refractivity contribution >= 4 is 0 Å². The summed E-state index contributed by atoms with van der Waals surface area (Å²) in [5.41, 5.74) is 3.84. The van der Waals surface area contributed by atoms with Crippen LogP contribution in [0, 0.1) is 17.8 Å². The molecule has 2 nitrogen and oxygen atoms in total. The van der Waals surface area contributed by atoms with Gasteiger partial charge in [0.05, 0.1) is 0 Å². The van der Waals surface area contributed by atoms with Gasteiger partial charge >= 0.3 is 0 Å². The Balaban J connectivity index is 1.60. The first-order valence-electron chi connectivity index (χ1n) is 7.88. The van der Waals surface area contributed by atoms with Gasteiger partial charge in [0.15, 0.2) is 0 Å². The van der Waals surface area contributed by atoms with E-state index in [1.807, 2.05) is 0 Å². The van der Waals surface area contributed by atoms with E-state index in [9.17, 15) is 0 Å². The Morgan fingerprint density at radius 1 is 1.11 bits per heavy atom. The van der Waals surface area contributed by atoms with Crippen LogP contribution in [0.25, 0.3) is 0 Å². The number of allylic oxidation sites excluding steroid dienone is 2. The zero-order valence-corrected chi connectivity index (χ0v) is 12.1. The summed E-state index contributed by atoms with van der Waals surface area (Å²) in [4.78, 5) is 0. The molecule has 1 heterocycles. The van der Waals surface area contributed by atoms with Crippen molar-refractivity contribution in [2.45, 2.75) is 71.0 Å². The van der Waals surface area contributed by atoms with Crippen LogP contribution in [0.15, 0.2) is 12.2 Å². The van der Waals surface area contributed by atoms with E-state index in [1.165, 1.54) is 32.1 Å². The molecule has 0 radical (unpaired) electrons. The summed E-state index contributed by atoms with van der Waals surface area (Å²) in [5, 5.41) is 2.55. The van der Waals surface area contributed by atoms with Crippen LogP contribution in [0.2, 0.25) is 0 Å². The molecule has 102 valence electrons. The molecule has 1 saturated carbocycles. The van der Waals surface area contributed by atoms with E-state index >= 15 is 0 Å². The first-order chi connectivity index (χ1) is 8.65. The number of piperidine rings is 1. The van der Waals surface area contributed by atoms with Crippen LogP contribution in [0.3, 0.4) is 0 Å². The molecule has 2 heteroatoms. The molecule has 6 unspecified atom stereocenters. The lowest BCUT2D eigenvalue weighted by molar-refractivity contribution is 0.0195. The predicted molar refractivity (Wildman–Crippen MR) is 76.1 cm³/mol. The fourth-order valence-corrected chi connectivity index (χ4v) is 4.40. The second-order valence-electron chi connectivity index (χ2n) is 6.90. The van der Waals surface area contributed by atoms with Gasteiger partial charge in [-0.1, -0.05) is 18.6 Å². The minimum absolute atomic E-state index is 0.632. The highest BCUT2D eigenvalue weighted by molar-refractivity contribution is 5.11. The van der Waals surface area contributed by atoms with Crippen molar-refractivity contribution in [1.29, 1.82) is 0 Å². The van der Waals surface area contributed by atoms with Crippen LogP contribution in [0.1, 0.15) is 52.9 Å². The maximum absolute atomic E-state index is 3.84. The molecule has 0 aromatic heterocycles. The third kappa shape index (κ3) is 2.25. The Bertz CT molecular complexity index is 315. The maximum atomic E-state index is 3.84. The van der Waals surface area contributed by atoms with Crippen molar-refractivity contribution in [3.05, 3.63) is 12.2 Å². The van der Waals surface area contributed by atoms with Crippen molar-refractivity contribution in [3.8, 4) is 0 Å². The summed E-state index contributed by atoms with van der Waals surface area (Å²) in [6.45, 7) is 7.14. The van der Waals surface area contributed by atoms with Crippen molar-refractivity contribution in [1.82, 2.24) is 10.4 Å². The normalized spacial score (nSPS) is 45.6. The van der Waals surface area contributed by atoms with Crippen LogP contribution in [0.4, 0.5) is 0 Å². The van der Waals surface area contributed by atoms with Gasteiger partial charge in [-0.15, -0.1) is 0 Å². The Morgan fingerprint density at radius 2 is 1.83 bits per heavy atom. The molecule has 0 amide bonds. The van der Waals surface area contributed by atoms with Gasteiger partial charge in [-0.25, -0.2) is 5.01 Å². The highest BCUT2D eigenvalue weighted by Gasteiger charge is 2.39. The van der Waals surface area contributed by atoms with E-state index in [1.54, 1.807) is 0 Å². The molecule has 0 spiro atoms. The molecular weight excluding hydrogens is 220 g/mol. The van der Waals surface area contributed by atoms with Crippen LogP contribution < -0.4 is 5.43 Å². The van der Waals surface area contributed by atoms with E-state index in [-0.39, 0.29) is 0 Å². The minimum Gasteiger partial charge on any atom is -0.252 e. The molecule has 3 rings (SSSR count). The SMILES string of the molecule is CC(NN1C(C)CCCC1C)C1CC2C=CC1C2. The number of hydrogen-bond acceptors (Lipinski definition) is 2. The monoisotopic (exact) mass is 248 g/mol. The molecule has 1 saturated heterocycles. The standard InChI is InChI=1S/C16H28N2/c1-11-5-4-6-12(2)18(11)17-13(3)16-10-14-7-8-15(16)9-14/h7-8,11-17H,4-6,9-10H2,1-3H3. The summed E-state index contributed by atoms with van der Waals surface area (Å²) in [5.74, 6) is 2.61. The molecule has 2 fully saturated rings. The van der Waals surface area contributed by atoms with Gasteiger partial charge < -0.3 is 0 Å². The summed E-state index contributed by atoms with van der Waals surface area (Å²) in [6, 6.07) is 2.03. The van der Waals surface area contributed by atoms with E-state index in [2.05, 4.69) is 43.4 Å². The molecule has 3 aliphatic rings. The van der Waals surface area contributed by atoms with Crippen molar-refractivity contribution in [2.75, 3.05) is 0 Å². The van der Waals surface area contributed by atoms with Crippen molar-refractivity contribution in [2.24, 2.45) is 17.8 Å². The summed E-state index contributed by atoms with van der Waals surface area (Å²) < 4.78 is 0. The first-order valence-corrected chi connectivity index (χ1v) is 7.88. The number of fused-ring (bicyclic) bond motifs is 2. The lowest BCUT2D eigenvalue weighted by Gasteiger charge is -2.42. The maximum Gasteiger partial charge on any atom is 0.0221 e. The third-order valence-corrected chi connectivity index (χ3v) is 5.52. The molecule has 2 aliphatic carbocycles. The number of rotatable bonds is 3. The molecule has 1 N–H and O–H groups in total. The average molecular weight is 248 g/mol. The van der Waals surface area contributed by atoms with Crippen LogP contribution in [-0.2, 0) is 0 Å². The minimum atomic E-state index is 0.632. The third-order valence-electron chi connectivity index (χ3n) is 5.52. The zero-order valence-electron chi connectivity index (χ0n) is 12.1. The van der Waals surface area contributed by atoms with Gasteiger partial charge in [0, 0.05) is 18.1 Å². The van der Waals surface area contributed by atoms with Crippen LogP contribution in [-0.4, -0.2) is 23.1 Å².